The van der Waals surface area contributed by atoms with E-state index in [1.54, 1.807) is 60.7 Å². The lowest BCUT2D eigenvalue weighted by Crippen LogP contribution is -2.51. The number of guanidine groups is 1. The third-order valence-electron chi connectivity index (χ3n) is 7.04. The zero-order valence-corrected chi connectivity index (χ0v) is 27.5. The van der Waals surface area contributed by atoms with Crippen LogP contribution >= 0.6 is 11.3 Å². The van der Waals surface area contributed by atoms with E-state index in [-0.39, 0.29) is 41.9 Å². The summed E-state index contributed by atoms with van der Waals surface area (Å²) in [7, 11) is -4.01. The van der Waals surface area contributed by atoms with Crippen LogP contribution < -0.4 is 32.6 Å². The number of hydrogen-bond donors (Lipinski definition) is 7. The number of Topliss-reactive ketones (excluding diaryl/α,β-unsaturated/α-hetero) is 1. The molecule has 1 heterocycles. The molecule has 2 amide bonds. The van der Waals surface area contributed by atoms with E-state index >= 15 is 0 Å². The number of aromatic nitrogens is 1. The Hall–Kier alpha value is -5.19. The Morgan fingerprint density at radius 2 is 1.62 bits per heavy atom. The van der Waals surface area contributed by atoms with Gasteiger partial charge >= 0.3 is 0 Å². The molecule has 4 rings (SSSR count). The van der Waals surface area contributed by atoms with Crippen molar-refractivity contribution in [3.63, 3.8) is 0 Å². The third kappa shape index (κ3) is 10.7. The minimum atomic E-state index is -4.01. The SMILES string of the molecule is N=C(N)c1cccc(C[C@@H](NS(=O)(=O)Cc2ccccc2)C(=O)NCC(=O)N[C@@H](CCCN=C(N)N)C(=O)c2nc3ccccc3s2)c1. The number of amides is 2. The van der Waals surface area contributed by atoms with Gasteiger partial charge in [-0.2, -0.15) is 0 Å². The molecule has 0 unspecified atom stereocenters. The molecule has 0 aliphatic heterocycles. The van der Waals surface area contributed by atoms with Gasteiger partial charge in [0.2, 0.25) is 27.6 Å². The second kappa shape index (κ2) is 16.6. The number of nitrogens with one attached hydrogen (secondary N) is 4. The van der Waals surface area contributed by atoms with Crippen LogP contribution in [0.4, 0.5) is 0 Å². The molecule has 0 aliphatic rings. The lowest BCUT2D eigenvalue weighted by molar-refractivity contribution is -0.127. The van der Waals surface area contributed by atoms with Crippen molar-refractivity contribution in [3.8, 4) is 0 Å². The summed E-state index contributed by atoms with van der Waals surface area (Å²) in [4.78, 5) is 48.3. The number of aliphatic imine (C=N–C) groups is 1. The fourth-order valence-corrected chi connectivity index (χ4v) is 7.07. The maximum atomic E-state index is 13.5. The fourth-order valence-electron chi connectivity index (χ4n) is 4.78. The van der Waals surface area contributed by atoms with Gasteiger partial charge in [0.1, 0.15) is 11.9 Å². The van der Waals surface area contributed by atoms with Gasteiger partial charge in [-0.3, -0.25) is 24.8 Å². The zero-order valence-electron chi connectivity index (χ0n) is 25.9. The number of benzene rings is 3. The zero-order chi connectivity index (χ0) is 34.7. The van der Waals surface area contributed by atoms with Gasteiger partial charge in [-0.1, -0.05) is 60.7 Å². The monoisotopic (exact) mass is 691 g/mol. The van der Waals surface area contributed by atoms with Crippen molar-refractivity contribution in [3.05, 3.63) is 101 Å². The number of nitrogens with two attached hydrogens (primary N) is 3. The van der Waals surface area contributed by atoms with Gasteiger partial charge in [-0.25, -0.2) is 18.1 Å². The van der Waals surface area contributed by atoms with E-state index < -0.39 is 46.2 Å². The van der Waals surface area contributed by atoms with E-state index in [0.717, 1.165) is 4.70 Å². The Morgan fingerprint density at radius 3 is 2.33 bits per heavy atom. The van der Waals surface area contributed by atoms with E-state index in [2.05, 4.69) is 25.3 Å². The van der Waals surface area contributed by atoms with Crippen LogP contribution in [0, 0.1) is 5.41 Å². The number of carbonyl (C=O) groups is 3. The van der Waals surface area contributed by atoms with E-state index in [0.29, 0.717) is 28.6 Å². The van der Waals surface area contributed by atoms with Gasteiger partial charge in [0.05, 0.1) is 28.6 Å². The minimum Gasteiger partial charge on any atom is -0.384 e. The molecule has 252 valence electrons. The second-order valence-corrected chi connectivity index (χ2v) is 13.7. The van der Waals surface area contributed by atoms with E-state index in [1.807, 2.05) is 18.2 Å². The molecule has 48 heavy (non-hydrogen) atoms. The summed E-state index contributed by atoms with van der Waals surface area (Å²) < 4.78 is 29.5. The molecule has 16 heteroatoms. The van der Waals surface area contributed by atoms with E-state index in [1.165, 1.54) is 11.3 Å². The highest BCUT2D eigenvalue weighted by Gasteiger charge is 2.28. The molecular formula is C32H37N9O5S2. The Kier molecular flexibility index (Phi) is 12.3. The van der Waals surface area contributed by atoms with Crippen LogP contribution in [-0.4, -0.2) is 68.0 Å². The molecule has 3 aromatic carbocycles. The summed E-state index contributed by atoms with van der Waals surface area (Å²) in [6, 6.07) is 20.0. The van der Waals surface area contributed by atoms with Crippen LogP contribution in [0.5, 0.6) is 0 Å². The standard InChI is InChI=1S/C32H37N9O5S2/c33-29(34)22-11-6-10-21(16-22)17-25(41-48(45,46)19-20-8-2-1-3-9-20)30(44)38-18-27(42)39-24(13-7-15-37-32(35)36)28(43)31-40-23-12-4-5-14-26(23)47-31/h1-6,8-12,14,16,24-25,41H,7,13,15,17-19H2,(H3,33,34)(H,38,44)(H,39,42)(H4,35,36,37)/t24-,25+/m0/s1. The maximum absolute atomic E-state index is 13.5. The summed E-state index contributed by atoms with van der Waals surface area (Å²) in [6.07, 6.45) is 0.474. The molecule has 1 aromatic heterocycles. The predicted molar refractivity (Wildman–Crippen MR) is 186 cm³/mol. The maximum Gasteiger partial charge on any atom is 0.239 e. The largest absolute Gasteiger partial charge is 0.384 e. The Bertz CT molecular complexity index is 1880. The van der Waals surface area contributed by atoms with Crippen molar-refractivity contribution >= 4 is 61.0 Å². The number of rotatable bonds is 17. The molecular weight excluding hydrogens is 655 g/mol. The number of nitrogen functional groups attached to an aromatic ring is 1. The molecule has 2 atom stereocenters. The number of nitrogens with zero attached hydrogens (tertiary/aromatic N) is 2. The molecule has 14 nitrogen and oxygen atoms in total. The van der Waals surface area contributed by atoms with Crippen LogP contribution in [-0.2, 0) is 31.8 Å². The van der Waals surface area contributed by atoms with Gasteiger partial charge in [-0.05, 0) is 48.6 Å². The van der Waals surface area contributed by atoms with Crippen molar-refractivity contribution < 1.29 is 22.8 Å². The minimum absolute atomic E-state index is 0.0912. The Balaban J connectivity index is 1.47. The van der Waals surface area contributed by atoms with E-state index in [4.69, 9.17) is 22.6 Å². The molecule has 0 radical (unpaired) electrons. The average Bonchev–Trinajstić information content (AvgIpc) is 3.49. The van der Waals surface area contributed by atoms with Crippen molar-refractivity contribution in [2.45, 2.75) is 37.1 Å². The van der Waals surface area contributed by atoms with Crippen molar-refractivity contribution in [2.24, 2.45) is 22.2 Å². The topological polar surface area (TPSA) is 249 Å². The first-order valence-corrected chi connectivity index (χ1v) is 17.4. The van der Waals surface area contributed by atoms with Crippen LogP contribution in [0.3, 0.4) is 0 Å². The molecule has 0 saturated heterocycles. The highest BCUT2D eigenvalue weighted by molar-refractivity contribution is 7.88. The number of hydrogen-bond acceptors (Lipinski definition) is 9. The average molecular weight is 692 g/mol. The third-order valence-corrected chi connectivity index (χ3v) is 9.45. The lowest BCUT2D eigenvalue weighted by Gasteiger charge is -2.20. The molecule has 0 bridgehead atoms. The van der Waals surface area contributed by atoms with Crippen LogP contribution in [0.25, 0.3) is 10.2 Å². The number of para-hydroxylation sites is 1. The summed E-state index contributed by atoms with van der Waals surface area (Å²) >= 11 is 1.20. The number of ketones is 1. The Morgan fingerprint density at radius 1 is 0.917 bits per heavy atom. The number of thiazole rings is 1. The second-order valence-electron chi connectivity index (χ2n) is 10.9. The van der Waals surface area contributed by atoms with Gasteiger partial charge < -0.3 is 27.8 Å². The molecule has 0 spiro atoms. The highest BCUT2D eigenvalue weighted by Crippen LogP contribution is 2.23. The van der Waals surface area contributed by atoms with Gasteiger partial charge in [0.25, 0.3) is 0 Å². The van der Waals surface area contributed by atoms with Crippen molar-refractivity contribution in [2.75, 3.05) is 13.1 Å². The first-order valence-electron chi connectivity index (χ1n) is 14.9. The number of carbonyl (C=O) groups excluding carboxylic acids is 3. The number of fused-ring (bicyclic) bond motifs is 1. The summed E-state index contributed by atoms with van der Waals surface area (Å²) in [5.74, 6) is -2.50. The van der Waals surface area contributed by atoms with Crippen molar-refractivity contribution in [1.82, 2.24) is 20.3 Å². The molecule has 0 fully saturated rings. The number of amidine groups is 1. The molecule has 0 aliphatic carbocycles. The van der Waals surface area contributed by atoms with Gasteiger partial charge in [0, 0.05) is 12.1 Å². The fraction of sp³-hybridized carbons (Fsp3) is 0.250. The first-order chi connectivity index (χ1) is 22.9. The lowest BCUT2D eigenvalue weighted by atomic mass is 10.0. The van der Waals surface area contributed by atoms with Crippen LogP contribution in [0.2, 0.25) is 0 Å². The van der Waals surface area contributed by atoms with E-state index in [9.17, 15) is 22.8 Å². The summed E-state index contributed by atoms with van der Waals surface area (Å²) in [5, 5.41) is 13.1. The van der Waals surface area contributed by atoms with Crippen LogP contribution in [0.15, 0.2) is 83.9 Å². The quantitative estimate of drug-likeness (QED) is 0.0363. The molecule has 10 N–H and O–H groups in total. The highest BCUT2D eigenvalue weighted by atomic mass is 32.2. The Labute approximate surface area is 281 Å². The number of sulfonamides is 1. The molecule has 4 aromatic rings. The molecule has 0 saturated carbocycles. The van der Waals surface area contributed by atoms with Gasteiger partial charge in [-0.15, -0.1) is 11.3 Å². The normalized spacial score (nSPS) is 12.5. The van der Waals surface area contributed by atoms with Gasteiger partial charge in [0.15, 0.2) is 11.0 Å². The predicted octanol–water partition coefficient (Wildman–Crippen LogP) is 1.15. The van der Waals surface area contributed by atoms with Crippen LogP contribution in [0.1, 0.15) is 39.3 Å². The summed E-state index contributed by atoms with van der Waals surface area (Å²) in [6.45, 7) is -0.311. The summed E-state index contributed by atoms with van der Waals surface area (Å²) in [5.41, 5.74) is 18.5. The first kappa shape index (κ1) is 35.7. The van der Waals surface area contributed by atoms with Crippen molar-refractivity contribution in [1.29, 1.82) is 5.41 Å². The smallest absolute Gasteiger partial charge is 0.239 e.